The number of hydrazone groups is 1. The lowest BCUT2D eigenvalue weighted by Crippen LogP contribution is -2.25. The summed E-state index contributed by atoms with van der Waals surface area (Å²) < 4.78 is 20.7. The van der Waals surface area contributed by atoms with Gasteiger partial charge in [0.05, 0.1) is 24.3 Å². The molecule has 1 atom stereocenters. The molecule has 0 saturated heterocycles. The molecule has 0 unspecified atom stereocenters. The van der Waals surface area contributed by atoms with Crippen molar-refractivity contribution >= 4 is 39.6 Å². The Morgan fingerprint density at radius 2 is 1.48 bits per heavy atom. The number of hydrazine groups is 1. The Kier molecular flexibility index (Phi) is 23.6. The van der Waals surface area contributed by atoms with Gasteiger partial charge in [-0.3, -0.25) is 28.3 Å². The van der Waals surface area contributed by atoms with Gasteiger partial charge in [0.1, 0.15) is 11.6 Å². The average molecular weight is 725 g/mol. The average Bonchev–Trinajstić information content (AvgIpc) is 3.79. The van der Waals surface area contributed by atoms with E-state index in [1.165, 1.54) is 76.8 Å². The summed E-state index contributed by atoms with van der Waals surface area (Å²) in [5, 5.41) is 7.03. The summed E-state index contributed by atoms with van der Waals surface area (Å²) in [4.78, 5) is 55.8. The number of hydrogen-bond acceptors (Lipinski definition) is 10. The lowest BCUT2D eigenvalue weighted by Gasteiger charge is -2.31. The highest BCUT2D eigenvalue weighted by Crippen LogP contribution is 2.39. The maximum Gasteiger partial charge on any atom is 0.220 e. The fraction of sp³-hybridized carbons (Fsp3) is 0.784. The summed E-state index contributed by atoms with van der Waals surface area (Å²) in [6.07, 6.45) is 24.1. The second-order valence-corrected chi connectivity index (χ2v) is 16.3. The van der Waals surface area contributed by atoms with Gasteiger partial charge < -0.3 is 10.3 Å². The molecule has 0 fully saturated rings. The first-order chi connectivity index (χ1) is 24.1. The maximum absolute atomic E-state index is 12.3. The van der Waals surface area contributed by atoms with E-state index in [1.54, 1.807) is 12.5 Å². The third-order valence-corrected chi connectivity index (χ3v) is 11.1. The van der Waals surface area contributed by atoms with Crippen molar-refractivity contribution in [3.8, 4) is 0 Å². The Labute approximate surface area is 303 Å². The zero-order valence-electron chi connectivity index (χ0n) is 30.7. The van der Waals surface area contributed by atoms with Crippen LogP contribution in [0, 0.1) is 5.92 Å². The molecule has 2 heterocycles. The molecule has 0 spiro atoms. The molecular weight excluding hydrogens is 657 g/mol. The van der Waals surface area contributed by atoms with Crippen molar-refractivity contribution in [3.63, 3.8) is 0 Å². The first-order valence-electron chi connectivity index (χ1n) is 19.2. The fourth-order valence-corrected chi connectivity index (χ4v) is 7.67. The van der Waals surface area contributed by atoms with E-state index in [0.717, 1.165) is 44.3 Å². The van der Waals surface area contributed by atoms with Crippen LogP contribution in [-0.4, -0.2) is 72.6 Å². The van der Waals surface area contributed by atoms with E-state index < -0.39 is 10.6 Å². The third kappa shape index (κ3) is 23.0. The minimum Gasteiger partial charge on any atom is -0.356 e. The molecular formula is C37H68N6O6S. The van der Waals surface area contributed by atoms with Crippen molar-refractivity contribution in [2.75, 3.05) is 24.6 Å². The molecule has 1 aliphatic heterocycles. The van der Waals surface area contributed by atoms with Gasteiger partial charge >= 0.3 is 0 Å². The lowest BCUT2D eigenvalue weighted by atomic mass is 9.91. The van der Waals surface area contributed by atoms with Crippen LogP contribution in [0.25, 0.3) is 0 Å². The van der Waals surface area contributed by atoms with Crippen LogP contribution in [0.5, 0.6) is 0 Å². The standard InChI is InChI=1S/C37H66N6O6S.H2/c1-31(44)32(26-35(45)23-22-33-27-38-30-40-33)18-15-16-24-39-37(47)21-17-25-50(48,49)29-36(46)20-14-12-10-8-6-4-2-3-5-7-9-11-13-19-34-28-41-43-42-34;/h27,30,32,41,43,48-49H,2-26,28-29H2,1H3,(H,38,40)(H,39,47);1H/t32-;/m0./s1. The number of hydrogen-bond donors (Lipinski definition) is 6. The number of amides is 1. The van der Waals surface area contributed by atoms with Gasteiger partial charge in [0.25, 0.3) is 0 Å². The number of Topliss-reactive ketones (excluding diaryl/α,β-unsaturated/α-hetero) is 3. The number of H-pyrrole nitrogens is 1. The first kappa shape index (κ1) is 43.6. The highest BCUT2D eigenvalue weighted by molar-refractivity contribution is 8.24. The van der Waals surface area contributed by atoms with Crippen molar-refractivity contribution in [2.24, 2.45) is 11.0 Å². The Balaban J connectivity index is 0.0000130. The predicted octanol–water partition coefficient (Wildman–Crippen LogP) is 7.45. The molecule has 1 aliphatic rings. The van der Waals surface area contributed by atoms with Crippen LogP contribution in [-0.2, 0) is 25.6 Å². The summed E-state index contributed by atoms with van der Waals surface area (Å²) in [6.45, 7) is 2.85. The molecule has 0 aromatic carbocycles. The number of ketones is 3. The number of rotatable bonds is 33. The number of carbonyl (C=O) groups is 4. The van der Waals surface area contributed by atoms with Crippen molar-refractivity contribution in [3.05, 3.63) is 18.2 Å². The second-order valence-electron chi connectivity index (χ2n) is 14.0. The summed E-state index contributed by atoms with van der Waals surface area (Å²) >= 11 is 0. The first-order valence-corrected chi connectivity index (χ1v) is 21.1. The predicted molar refractivity (Wildman–Crippen MR) is 204 cm³/mol. The Morgan fingerprint density at radius 1 is 0.820 bits per heavy atom. The number of imidazole rings is 1. The van der Waals surface area contributed by atoms with E-state index in [-0.39, 0.29) is 54.9 Å². The van der Waals surface area contributed by atoms with Crippen LogP contribution in [0.1, 0.15) is 155 Å². The smallest absolute Gasteiger partial charge is 0.220 e. The number of aromatic nitrogens is 2. The molecule has 0 saturated carbocycles. The summed E-state index contributed by atoms with van der Waals surface area (Å²) in [6, 6.07) is 0. The maximum atomic E-state index is 12.3. The molecule has 288 valence electrons. The van der Waals surface area contributed by atoms with Crippen LogP contribution >= 0.6 is 10.6 Å². The molecule has 1 aromatic heterocycles. The Hall–Kier alpha value is -2.61. The number of unbranched alkanes of at least 4 members (excludes halogenated alkanes) is 13. The number of aryl methyl sites for hydroxylation is 1. The molecule has 6 N–H and O–H groups in total. The van der Waals surface area contributed by atoms with Gasteiger partial charge in [0.2, 0.25) is 5.91 Å². The van der Waals surface area contributed by atoms with Gasteiger partial charge in [0.15, 0.2) is 5.78 Å². The van der Waals surface area contributed by atoms with Gasteiger partial charge in [-0.25, -0.2) is 15.9 Å². The Morgan fingerprint density at radius 3 is 2.08 bits per heavy atom. The van der Waals surface area contributed by atoms with Gasteiger partial charge in [-0.15, -0.1) is 0 Å². The second kappa shape index (κ2) is 27.1. The van der Waals surface area contributed by atoms with E-state index >= 15 is 0 Å². The van der Waals surface area contributed by atoms with Gasteiger partial charge in [0, 0.05) is 57.2 Å². The number of carbonyl (C=O) groups excluding carboxylic acids is 4. The Bertz CT molecular complexity index is 1140. The minimum atomic E-state index is -3.03. The zero-order valence-corrected chi connectivity index (χ0v) is 31.5. The van der Waals surface area contributed by atoms with Crippen molar-refractivity contribution in [1.29, 1.82) is 0 Å². The fourth-order valence-electron chi connectivity index (χ4n) is 6.26. The topological polar surface area (TPSA) is 186 Å². The normalized spacial score (nSPS) is 13.9. The van der Waals surface area contributed by atoms with E-state index in [9.17, 15) is 28.3 Å². The van der Waals surface area contributed by atoms with Gasteiger partial charge in [-0.05, 0) is 51.9 Å². The van der Waals surface area contributed by atoms with E-state index in [2.05, 4.69) is 31.3 Å². The molecule has 0 bridgehead atoms. The quantitative estimate of drug-likeness (QED) is 0.0400. The zero-order chi connectivity index (χ0) is 36.3. The molecule has 0 radical (unpaired) electrons. The molecule has 2 rings (SSSR count). The van der Waals surface area contributed by atoms with E-state index in [0.29, 0.717) is 45.1 Å². The van der Waals surface area contributed by atoms with Crippen molar-refractivity contribution in [2.45, 2.75) is 155 Å². The number of nitrogens with zero attached hydrogens (tertiary/aromatic N) is 2. The molecule has 50 heavy (non-hydrogen) atoms. The van der Waals surface area contributed by atoms with Gasteiger partial charge in [-0.1, -0.05) is 77.0 Å². The molecule has 1 aromatic rings. The van der Waals surface area contributed by atoms with Crippen LogP contribution in [0.4, 0.5) is 0 Å². The van der Waals surface area contributed by atoms with Crippen molar-refractivity contribution in [1.82, 2.24) is 26.2 Å². The third-order valence-electron chi connectivity index (χ3n) is 9.35. The largest absolute Gasteiger partial charge is 0.356 e. The molecule has 12 nitrogen and oxygen atoms in total. The van der Waals surface area contributed by atoms with Crippen LogP contribution in [0.3, 0.4) is 0 Å². The molecule has 0 aliphatic carbocycles. The minimum absolute atomic E-state index is 0. The van der Waals surface area contributed by atoms with E-state index in [1.807, 2.05) is 0 Å². The number of aromatic amines is 1. The monoisotopic (exact) mass is 724 g/mol. The molecule has 13 heteroatoms. The summed E-state index contributed by atoms with van der Waals surface area (Å²) in [5.74, 6) is -0.690. The van der Waals surface area contributed by atoms with Crippen LogP contribution in [0.15, 0.2) is 17.6 Å². The van der Waals surface area contributed by atoms with Crippen LogP contribution in [0.2, 0.25) is 0 Å². The summed E-state index contributed by atoms with van der Waals surface area (Å²) in [5.41, 5.74) is 7.93. The number of nitrogens with one attached hydrogen (secondary N) is 4. The van der Waals surface area contributed by atoms with E-state index in [4.69, 9.17) is 0 Å². The SMILES string of the molecule is CC(=O)[C@@H](CCCCNC(=O)CCCS(O)(O)CC(=O)CCCCCCCCCCCCCCCC1=NNNC1)CC(=O)CCc1cnc[nH]1.[HH]. The van der Waals surface area contributed by atoms with Crippen molar-refractivity contribution < 1.29 is 29.7 Å². The highest BCUT2D eigenvalue weighted by atomic mass is 32.3. The van der Waals surface area contributed by atoms with Crippen LogP contribution < -0.4 is 16.3 Å². The lowest BCUT2D eigenvalue weighted by molar-refractivity contribution is -0.127. The highest BCUT2D eigenvalue weighted by Gasteiger charge is 2.19. The van der Waals surface area contributed by atoms with Gasteiger partial charge in [-0.2, -0.15) is 15.7 Å². The molecule has 1 amide bonds. The summed E-state index contributed by atoms with van der Waals surface area (Å²) in [7, 11) is -3.03.